The molecule has 1 saturated heterocycles. The van der Waals surface area contributed by atoms with Crippen molar-refractivity contribution in [2.45, 2.75) is 77.6 Å². The maximum absolute atomic E-state index is 12.5. The van der Waals surface area contributed by atoms with Crippen LogP contribution in [0.3, 0.4) is 0 Å². The summed E-state index contributed by atoms with van der Waals surface area (Å²) in [5.74, 6) is -0.884. The number of nitrogens with zero attached hydrogens (tertiary/aromatic N) is 1. The minimum absolute atomic E-state index is 0.0142. The van der Waals surface area contributed by atoms with E-state index in [9.17, 15) is 19.8 Å². The molecule has 0 aliphatic carbocycles. The van der Waals surface area contributed by atoms with Gasteiger partial charge in [0.15, 0.2) is 12.4 Å². The van der Waals surface area contributed by atoms with Crippen LogP contribution in [-0.4, -0.2) is 58.8 Å². The summed E-state index contributed by atoms with van der Waals surface area (Å²) in [7, 11) is 2.01. The summed E-state index contributed by atoms with van der Waals surface area (Å²) in [5, 5.41) is 23.6. The number of aliphatic hydroxyl groups is 2. The molecule has 50 heavy (non-hydrogen) atoms. The molecule has 3 N–H and O–H groups in total. The summed E-state index contributed by atoms with van der Waals surface area (Å²) in [6.45, 7) is 7.79. The molecular weight excluding hydrogens is 632 g/mol. The van der Waals surface area contributed by atoms with E-state index in [1.807, 2.05) is 117 Å². The summed E-state index contributed by atoms with van der Waals surface area (Å²) in [4.78, 5) is 25.9. The number of hydrogen-bond donors (Lipinski definition) is 3. The number of hydrogen-bond acceptors (Lipinski definition) is 8. The van der Waals surface area contributed by atoms with E-state index < -0.39 is 24.5 Å². The molecule has 0 saturated carbocycles. The van der Waals surface area contributed by atoms with Gasteiger partial charge in [0, 0.05) is 37.5 Å². The second kappa shape index (κ2) is 17.0. The van der Waals surface area contributed by atoms with E-state index >= 15 is 0 Å². The summed E-state index contributed by atoms with van der Waals surface area (Å²) in [6, 6.07) is 33.2. The average molecular weight is 681 g/mol. The fraction of sp³-hybridized carbons (Fsp3) is 0.366. The predicted octanol–water partition coefficient (Wildman–Crippen LogP) is 6.26. The number of benzene rings is 4. The minimum atomic E-state index is -0.880. The molecule has 9 heteroatoms. The Balaban J connectivity index is 1.35. The highest BCUT2D eigenvalue weighted by Crippen LogP contribution is 2.42. The summed E-state index contributed by atoms with van der Waals surface area (Å²) < 4.78 is 18.4. The normalized spacial score (nSPS) is 20.9. The van der Waals surface area contributed by atoms with Gasteiger partial charge in [0.05, 0.1) is 24.9 Å². The van der Waals surface area contributed by atoms with E-state index in [4.69, 9.17) is 14.2 Å². The molecule has 0 spiro atoms. The van der Waals surface area contributed by atoms with E-state index in [-0.39, 0.29) is 43.2 Å². The number of likely N-dealkylation sites (N-methyl/N-ethyl adjacent to an activating group) is 1. The Morgan fingerprint density at radius 3 is 2.18 bits per heavy atom. The molecule has 0 aromatic heterocycles. The highest BCUT2D eigenvalue weighted by atomic mass is 16.7. The number of nitrogens with one attached hydrogen (secondary N) is 1. The third-order valence-corrected chi connectivity index (χ3v) is 9.56. The van der Waals surface area contributed by atoms with Crippen molar-refractivity contribution < 1.29 is 34.0 Å². The zero-order chi connectivity index (χ0) is 35.8. The molecular formula is C41H48N2O7. The van der Waals surface area contributed by atoms with Crippen LogP contribution in [0.4, 0.5) is 0 Å². The van der Waals surface area contributed by atoms with Gasteiger partial charge in [0.25, 0.3) is 5.91 Å². The zero-order valence-electron chi connectivity index (χ0n) is 29.4. The molecule has 4 aromatic carbocycles. The van der Waals surface area contributed by atoms with Crippen molar-refractivity contribution in [2.75, 3.05) is 13.6 Å². The standard InChI is InChI=1S/C41H48N2O7/c1-26-37(24-43(5)27(2)38(46)32-11-7-6-8-12-32)49-41(50-39(26)33-17-15-30(25-44)16-18-33)34-21-19-31(20-22-34)36-14-10-9-13-35(36)23-42-40(47)28(3)48-29(4)45/h6-22,26-28,37-39,41,44,46H,23-25H2,1-5H3,(H,42,47). The molecule has 7 unspecified atom stereocenters. The van der Waals surface area contributed by atoms with Gasteiger partial charge in [0.1, 0.15) is 0 Å². The molecule has 1 amide bonds. The van der Waals surface area contributed by atoms with Gasteiger partial charge < -0.3 is 29.7 Å². The van der Waals surface area contributed by atoms with Gasteiger partial charge in [-0.15, -0.1) is 0 Å². The smallest absolute Gasteiger partial charge is 0.303 e. The minimum Gasteiger partial charge on any atom is -0.453 e. The molecule has 5 rings (SSSR count). The first-order valence-corrected chi connectivity index (χ1v) is 17.1. The van der Waals surface area contributed by atoms with Crippen molar-refractivity contribution >= 4 is 11.9 Å². The second-order valence-electron chi connectivity index (χ2n) is 13.1. The number of ether oxygens (including phenoxy) is 3. The Morgan fingerprint density at radius 1 is 0.880 bits per heavy atom. The number of esters is 1. The Bertz CT molecular complexity index is 1700. The molecule has 0 bridgehead atoms. The summed E-state index contributed by atoms with van der Waals surface area (Å²) in [6.07, 6.45) is -2.67. The van der Waals surface area contributed by atoms with Gasteiger partial charge in [-0.1, -0.05) is 110 Å². The fourth-order valence-electron chi connectivity index (χ4n) is 6.35. The first kappa shape index (κ1) is 36.9. The Morgan fingerprint density at radius 2 is 1.52 bits per heavy atom. The number of carbonyl (C=O) groups is 2. The third kappa shape index (κ3) is 9.04. The molecule has 4 aromatic rings. The van der Waals surface area contributed by atoms with Crippen molar-refractivity contribution in [2.24, 2.45) is 5.92 Å². The van der Waals surface area contributed by atoms with Crippen molar-refractivity contribution in [1.82, 2.24) is 10.2 Å². The lowest BCUT2D eigenvalue weighted by molar-refractivity contribution is -0.276. The van der Waals surface area contributed by atoms with Crippen LogP contribution in [0, 0.1) is 5.92 Å². The SMILES string of the molecule is CC(=O)OC(C)C(=O)NCc1ccccc1-c1ccc(C2OC(CN(C)C(C)C(O)c3ccccc3)C(C)C(c3ccc(CO)cc3)O2)cc1. The predicted molar refractivity (Wildman–Crippen MR) is 191 cm³/mol. The molecule has 1 heterocycles. The van der Waals surface area contributed by atoms with E-state index in [1.165, 1.54) is 6.92 Å². The highest BCUT2D eigenvalue weighted by molar-refractivity contribution is 5.83. The van der Waals surface area contributed by atoms with Gasteiger partial charge in [-0.05, 0) is 54.3 Å². The lowest BCUT2D eigenvalue weighted by Crippen LogP contribution is -2.46. The second-order valence-corrected chi connectivity index (χ2v) is 13.1. The number of aliphatic hydroxyl groups excluding tert-OH is 2. The maximum Gasteiger partial charge on any atom is 0.303 e. The first-order valence-electron chi connectivity index (χ1n) is 17.1. The lowest BCUT2D eigenvalue weighted by atomic mass is 9.89. The molecule has 264 valence electrons. The topological polar surface area (TPSA) is 118 Å². The summed E-state index contributed by atoms with van der Waals surface area (Å²) >= 11 is 0. The van der Waals surface area contributed by atoms with Gasteiger partial charge in [0.2, 0.25) is 0 Å². The van der Waals surface area contributed by atoms with Crippen LogP contribution in [0.15, 0.2) is 103 Å². The Kier molecular flexibility index (Phi) is 12.6. The van der Waals surface area contributed by atoms with Crippen LogP contribution in [0.1, 0.15) is 74.0 Å². The Hall–Kier alpha value is -4.38. The lowest BCUT2D eigenvalue weighted by Gasteiger charge is -2.43. The van der Waals surface area contributed by atoms with E-state index in [0.717, 1.165) is 38.9 Å². The van der Waals surface area contributed by atoms with E-state index in [0.29, 0.717) is 6.54 Å². The number of rotatable bonds is 13. The van der Waals surface area contributed by atoms with Crippen LogP contribution < -0.4 is 5.32 Å². The van der Waals surface area contributed by atoms with Gasteiger partial charge >= 0.3 is 5.97 Å². The zero-order valence-corrected chi connectivity index (χ0v) is 29.4. The van der Waals surface area contributed by atoms with Crippen molar-refractivity contribution in [3.8, 4) is 11.1 Å². The van der Waals surface area contributed by atoms with Crippen molar-refractivity contribution in [3.63, 3.8) is 0 Å². The van der Waals surface area contributed by atoms with Gasteiger partial charge in [-0.2, -0.15) is 0 Å². The monoisotopic (exact) mass is 680 g/mol. The van der Waals surface area contributed by atoms with E-state index in [2.05, 4.69) is 17.1 Å². The molecule has 9 nitrogen and oxygen atoms in total. The van der Waals surface area contributed by atoms with Gasteiger partial charge in [-0.3, -0.25) is 14.5 Å². The molecule has 1 aliphatic rings. The first-order chi connectivity index (χ1) is 24.0. The van der Waals surface area contributed by atoms with Crippen LogP contribution in [0.2, 0.25) is 0 Å². The van der Waals surface area contributed by atoms with Crippen molar-refractivity contribution in [3.05, 3.63) is 131 Å². The maximum atomic E-state index is 12.5. The largest absolute Gasteiger partial charge is 0.453 e. The van der Waals surface area contributed by atoms with Crippen LogP contribution in [0.25, 0.3) is 11.1 Å². The molecule has 0 radical (unpaired) electrons. The van der Waals surface area contributed by atoms with Crippen molar-refractivity contribution in [1.29, 1.82) is 0 Å². The fourth-order valence-corrected chi connectivity index (χ4v) is 6.35. The molecule has 7 atom stereocenters. The van der Waals surface area contributed by atoms with Crippen LogP contribution >= 0.6 is 0 Å². The van der Waals surface area contributed by atoms with Crippen LogP contribution in [0.5, 0.6) is 0 Å². The molecule has 1 aliphatic heterocycles. The van der Waals surface area contributed by atoms with Crippen LogP contribution in [-0.2, 0) is 37.0 Å². The Labute approximate surface area is 294 Å². The summed E-state index contributed by atoms with van der Waals surface area (Å²) in [5.41, 5.74) is 6.42. The third-order valence-electron chi connectivity index (χ3n) is 9.56. The highest BCUT2D eigenvalue weighted by Gasteiger charge is 2.39. The van der Waals surface area contributed by atoms with Gasteiger partial charge in [-0.25, -0.2) is 0 Å². The quantitative estimate of drug-likeness (QED) is 0.142. The van der Waals surface area contributed by atoms with E-state index in [1.54, 1.807) is 6.92 Å². The average Bonchev–Trinajstić information content (AvgIpc) is 3.14. The number of carbonyl (C=O) groups excluding carboxylic acids is 2. The molecule has 1 fully saturated rings. The number of amides is 1.